The molecule has 0 aliphatic carbocycles. The van der Waals surface area contributed by atoms with E-state index in [-0.39, 0.29) is 6.10 Å². The fourth-order valence-corrected chi connectivity index (χ4v) is 5.00. The van der Waals surface area contributed by atoms with E-state index in [0.717, 1.165) is 22.5 Å². The van der Waals surface area contributed by atoms with Gasteiger partial charge in [-0.2, -0.15) is 0 Å². The Labute approximate surface area is 183 Å². The number of hydrogen-bond donors (Lipinski definition) is 2. The fraction of sp³-hybridized carbons (Fsp3) is 0.304. The van der Waals surface area contributed by atoms with Crippen LogP contribution in [-0.4, -0.2) is 22.2 Å². The Balaban J connectivity index is 1.84. The van der Waals surface area contributed by atoms with E-state index in [4.69, 9.17) is 14.8 Å². The second kappa shape index (κ2) is 9.94. The molecule has 0 bridgehead atoms. The third kappa shape index (κ3) is 6.29. The summed E-state index contributed by atoms with van der Waals surface area (Å²) in [7, 11) is -3.24. The van der Waals surface area contributed by atoms with Gasteiger partial charge in [-0.05, 0) is 51.0 Å². The minimum absolute atomic E-state index is 0.189. The first-order valence-electron chi connectivity index (χ1n) is 10.3. The number of benzene rings is 2. The lowest BCUT2D eigenvalue weighted by atomic mass is 10.1. The van der Waals surface area contributed by atoms with Gasteiger partial charge in [-0.1, -0.05) is 25.1 Å². The summed E-state index contributed by atoms with van der Waals surface area (Å²) in [5.74, 6) is 1.14. The Morgan fingerprint density at radius 1 is 1.13 bits per heavy atom. The number of nitrogens with zero attached hydrogens (tertiary/aromatic N) is 2. The lowest BCUT2D eigenvalue weighted by molar-refractivity contribution is 0.208. The minimum atomic E-state index is -3.24. The van der Waals surface area contributed by atoms with Crippen LogP contribution < -0.4 is 15.6 Å². The highest BCUT2D eigenvalue weighted by atomic mass is 31.2. The summed E-state index contributed by atoms with van der Waals surface area (Å²) in [6.45, 7) is 7.57. The number of nitrogens with two attached hydrogens (primary N) is 1. The molecule has 3 rings (SSSR count). The van der Waals surface area contributed by atoms with E-state index in [2.05, 4.69) is 15.3 Å². The van der Waals surface area contributed by atoms with E-state index in [1.807, 2.05) is 76.2 Å². The van der Waals surface area contributed by atoms with Gasteiger partial charge in [0.05, 0.1) is 18.0 Å². The molecule has 0 saturated carbocycles. The summed E-state index contributed by atoms with van der Waals surface area (Å²) in [6, 6.07) is 15.0. The van der Waals surface area contributed by atoms with Crippen LogP contribution in [0.5, 0.6) is 5.75 Å². The highest BCUT2D eigenvalue weighted by molar-refractivity contribution is 7.54. The van der Waals surface area contributed by atoms with E-state index in [1.54, 1.807) is 0 Å². The molecule has 1 aromatic heterocycles. The molecule has 3 aromatic rings. The zero-order valence-electron chi connectivity index (χ0n) is 18.3. The van der Waals surface area contributed by atoms with Crippen molar-refractivity contribution in [3.63, 3.8) is 0 Å². The van der Waals surface area contributed by atoms with Crippen LogP contribution in [0.3, 0.4) is 0 Å². The molecule has 31 heavy (non-hydrogen) atoms. The number of nitrogens with one attached hydrogen (secondary N) is 1. The van der Waals surface area contributed by atoms with Crippen molar-refractivity contribution in [2.24, 2.45) is 0 Å². The maximum absolute atomic E-state index is 13.1. The molecule has 0 aliphatic heterocycles. The molecule has 3 N–H and O–H groups in total. The van der Waals surface area contributed by atoms with E-state index < -0.39 is 7.60 Å². The van der Waals surface area contributed by atoms with Crippen LogP contribution in [0, 0.1) is 6.92 Å². The molecule has 1 atom stereocenters. The molecule has 1 unspecified atom stereocenters. The van der Waals surface area contributed by atoms with Gasteiger partial charge in [0.1, 0.15) is 17.9 Å². The summed E-state index contributed by atoms with van der Waals surface area (Å²) < 4.78 is 24.7. The third-order valence-electron chi connectivity index (χ3n) is 4.42. The molecular weight excluding hydrogens is 411 g/mol. The van der Waals surface area contributed by atoms with Crippen molar-refractivity contribution in [1.29, 1.82) is 0 Å². The van der Waals surface area contributed by atoms with Crippen molar-refractivity contribution in [2.75, 3.05) is 17.2 Å². The fourth-order valence-electron chi connectivity index (χ4n) is 3.07. The van der Waals surface area contributed by atoms with Crippen LogP contribution in [0.1, 0.15) is 32.8 Å². The quantitative estimate of drug-likeness (QED) is 0.302. The number of aryl methyl sites for hydroxylation is 1. The molecular formula is C23H29N4O3P. The maximum Gasteiger partial charge on any atom is 0.379 e. The normalized spacial score (nSPS) is 13.1. The molecule has 7 nitrogen and oxygen atoms in total. The van der Waals surface area contributed by atoms with Crippen LogP contribution in [0.4, 0.5) is 17.2 Å². The van der Waals surface area contributed by atoms with Crippen molar-refractivity contribution in [2.45, 2.75) is 40.2 Å². The molecule has 0 radical (unpaired) electrons. The predicted octanol–water partition coefficient (Wildman–Crippen LogP) is 6.18. The van der Waals surface area contributed by atoms with Crippen molar-refractivity contribution in [1.82, 2.24) is 9.97 Å². The Hall–Kier alpha value is -2.89. The summed E-state index contributed by atoms with van der Waals surface area (Å²) in [6.07, 6.45) is 2.37. The van der Waals surface area contributed by atoms with E-state index in [9.17, 15) is 4.57 Å². The topological polar surface area (TPSA) is 99.4 Å². The first kappa shape index (κ1) is 22.8. The van der Waals surface area contributed by atoms with Crippen molar-refractivity contribution >= 4 is 24.8 Å². The van der Waals surface area contributed by atoms with Crippen molar-refractivity contribution in [3.8, 4) is 17.0 Å². The second-order valence-corrected chi connectivity index (χ2v) is 9.66. The SMILES string of the molecule is CCCP(=O)(Oc1cc(Nc2cc(-c3cccc(N)c3)ncn2)ccc1C)OC(C)C. The number of nitrogen functional groups attached to an aromatic ring is 1. The largest absolute Gasteiger partial charge is 0.424 e. The van der Waals surface area contributed by atoms with Gasteiger partial charge in [0.2, 0.25) is 0 Å². The van der Waals surface area contributed by atoms with E-state index >= 15 is 0 Å². The first-order chi connectivity index (χ1) is 14.8. The number of anilines is 3. The maximum atomic E-state index is 13.1. The zero-order chi connectivity index (χ0) is 22.4. The Bertz CT molecular complexity index is 1090. The molecule has 0 fully saturated rings. The number of aromatic nitrogens is 2. The monoisotopic (exact) mass is 440 g/mol. The van der Waals surface area contributed by atoms with E-state index in [0.29, 0.717) is 29.8 Å². The number of rotatable bonds is 9. The Morgan fingerprint density at radius 3 is 2.65 bits per heavy atom. The molecule has 1 heterocycles. The van der Waals surface area contributed by atoms with Crippen LogP contribution in [0.25, 0.3) is 11.3 Å². The zero-order valence-corrected chi connectivity index (χ0v) is 19.2. The van der Waals surface area contributed by atoms with Crippen molar-refractivity contribution < 1.29 is 13.6 Å². The standard InChI is InChI=1S/C23H29N4O3P/c1-5-11-31(28,29-16(2)3)30-22-13-20(10-9-17(22)4)27-23-14-21(25-15-26-23)18-7-6-8-19(24)12-18/h6-10,12-16H,5,11,24H2,1-4H3,(H,25,26,27). The van der Waals surface area contributed by atoms with Gasteiger partial charge in [0, 0.05) is 29.1 Å². The highest BCUT2D eigenvalue weighted by Crippen LogP contribution is 2.50. The predicted molar refractivity (Wildman–Crippen MR) is 126 cm³/mol. The van der Waals surface area contributed by atoms with Gasteiger partial charge in [-0.3, -0.25) is 4.52 Å². The van der Waals surface area contributed by atoms with Gasteiger partial charge in [-0.15, -0.1) is 0 Å². The lowest BCUT2D eigenvalue weighted by Crippen LogP contribution is -2.08. The average Bonchev–Trinajstić information content (AvgIpc) is 2.70. The first-order valence-corrected chi connectivity index (χ1v) is 12.0. The van der Waals surface area contributed by atoms with Gasteiger partial charge in [-0.25, -0.2) is 14.5 Å². The number of hydrogen-bond acceptors (Lipinski definition) is 7. The molecule has 164 valence electrons. The molecule has 8 heteroatoms. The molecule has 2 aromatic carbocycles. The van der Waals surface area contributed by atoms with Gasteiger partial charge in [0.15, 0.2) is 0 Å². The summed E-state index contributed by atoms with van der Waals surface area (Å²) in [5, 5.41) is 3.26. The van der Waals surface area contributed by atoms with Gasteiger partial charge >= 0.3 is 7.60 Å². The summed E-state index contributed by atoms with van der Waals surface area (Å²) in [4.78, 5) is 8.64. The minimum Gasteiger partial charge on any atom is -0.424 e. The van der Waals surface area contributed by atoms with Crippen LogP contribution in [0.2, 0.25) is 0 Å². The van der Waals surface area contributed by atoms with Crippen LogP contribution in [-0.2, 0) is 9.09 Å². The van der Waals surface area contributed by atoms with E-state index in [1.165, 1.54) is 6.33 Å². The smallest absolute Gasteiger partial charge is 0.379 e. The van der Waals surface area contributed by atoms with Gasteiger partial charge < -0.3 is 15.6 Å². The molecule has 0 amide bonds. The van der Waals surface area contributed by atoms with Gasteiger partial charge in [0.25, 0.3) is 0 Å². The molecule has 0 spiro atoms. The molecule has 0 saturated heterocycles. The average molecular weight is 440 g/mol. The molecule has 0 aliphatic rings. The Kier molecular flexibility index (Phi) is 7.31. The lowest BCUT2D eigenvalue weighted by Gasteiger charge is -2.22. The second-order valence-electron chi connectivity index (χ2n) is 7.60. The van der Waals surface area contributed by atoms with Crippen LogP contribution >= 0.6 is 7.60 Å². The van der Waals surface area contributed by atoms with Crippen molar-refractivity contribution in [3.05, 3.63) is 60.4 Å². The third-order valence-corrected chi connectivity index (χ3v) is 6.63. The van der Waals surface area contributed by atoms with Crippen LogP contribution in [0.15, 0.2) is 54.9 Å². The summed E-state index contributed by atoms with van der Waals surface area (Å²) in [5.41, 5.74) is 9.85. The Morgan fingerprint density at radius 2 is 1.94 bits per heavy atom. The highest BCUT2D eigenvalue weighted by Gasteiger charge is 2.27. The summed E-state index contributed by atoms with van der Waals surface area (Å²) >= 11 is 0.